The van der Waals surface area contributed by atoms with Crippen molar-refractivity contribution in [2.75, 3.05) is 24.5 Å². The summed E-state index contributed by atoms with van der Waals surface area (Å²) < 4.78 is 0. The van der Waals surface area contributed by atoms with E-state index in [9.17, 15) is 0 Å². The van der Waals surface area contributed by atoms with Crippen molar-refractivity contribution in [1.82, 2.24) is 0 Å². The van der Waals surface area contributed by atoms with E-state index in [1.54, 1.807) is 0 Å². The number of rotatable bonds is 9. The fourth-order valence-corrected chi connectivity index (χ4v) is 18.2. The van der Waals surface area contributed by atoms with E-state index < -0.39 is 0 Å². The minimum atomic E-state index is -0.127. The molecule has 0 saturated carbocycles. The van der Waals surface area contributed by atoms with Gasteiger partial charge < -0.3 is 24.5 Å². The van der Waals surface area contributed by atoms with Crippen LogP contribution in [0, 0.1) is 90.0 Å². The highest BCUT2D eigenvalue weighted by Gasteiger charge is 2.48. The molecule has 0 fully saturated rings. The van der Waals surface area contributed by atoms with Crippen LogP contribution in [-0.4, -0.2) is 13.4 Å². The third-order valence-electron chi connectivity index (χ3n) is 20.1. The Balaban J connectivity index is 1.01. The number of hydrogen-bond acceptors (Lipinski definition) is 6. The highest BCUT2D eigenvalue weighted by atomic mass is 32.2. The third-order valence-corrected chi connectivity index (χ3v) is 21.2. The lowest BCUT2D eigenvalue weighted by Crippen LogP contribution is -2.64. The molecular formula is C85H75B2N5S. The Bertz CT molecular complexity index is 5020. The molecule has 93 heavy (non-hydrogen) atoms. The zero-order chi connectivity index (χ0) is 64.0. The van der Waals surface area contributed by atoms with E-state index in [0.29, 0.717) is 0 Å². The van der Waals surface area contributed by atoms with Crippen molar-refractivity contribution in [2.45, 2.75) is 99.8 Å². The zero-order valence-corrected chi connectivity index (χ0v) is 56.4. The summed E-state index contributed by atoms with van der Waals surface area (Å²) in [5.74, 6) is 0. The fourth-order valence-electron chi connectivity index (χ4n) is 17.0. The van der Waals surface area contributed by atoms with Gasteiger partial charge in [-0.2, -0.15) is 0 Å². The van der Waals surface area contributed by atoms with E-state index >= 15 is 0 Å². The highest BCUT2D eigenvalue weighted by molar-refractivity contribution is 8.00. The van der Waals surface area contributed by atoms with E-state index in [1.165, 1.54) is 172 Å². The summed E-state index contributed by atoms with van der Waals surface area (Å²) in [6, 6.07) is 84.0. The molecule has 0 atom stereocenters. The molecule has 0 aromatic heterocycles. The fraction of sp³-hybridized carbons (Fsp3) is 0.153. The molecule has 0 unspecified atom stereocenters. The molecule has 0 spiro atoms. The minimum absolute atomic E-state index is 0.0825. The van der Waals surface area contributed by atoms with Gasteiger partial charge in [0, 0.05) is 66.7 Å². The molecular weight excluding hydrogens is 1140 g/mol. The standard InChI is InChI=1S/C85H75B2N5S/c1-50-36-55(6)82(56(7)37-50)88(63-27-16-14-17-28-63)65-44-75-80-76(45-65)91(84-59(10)40-52(3)41-60(84)11)72-34-24-21-31-67(72)86(80)69-48-70-78(49-74(69)90(75)71-33-23-20-26-54(71)5)93-79-47-66(89(64-29-18-15-19-30-64)83-57(8)38-51(2)39-58(83)9)46-77-81(79)87(70)68-32-22-25-35-73(68)92(77)85-61(12)42-53(4)43-62(85)13/h14-49H,1-13H3. The van der Waals surface area contributed by atoms with Crippen LogP contribution in [0.1, 0.15) is 72.3 Å². The van der Waals surface area contributed by atoms with E-state index in [4.69, 9.17) is 0 Å². The molecule has 0 saturated heterocycles. The second-order valence-corrected chi connectivity index (χ2v) is 28.0. The Morgan fingerprint density at radius 1 is 0.258 bits per heavy atom. The third kappa shape index (κ3) is 9.22. The average molecular weight is 1220 g/mol. The predicted octanol–water partition coefficient (Wildman–Crippen LogP) is 19.5. The number of para-hydroxylation sites is 5. The molecule has 12 aromatic rings. The molecule has 0 N–H and O–H groups in total. The monoisotopic (exact) mass is 1220 g/mol. The van der Waals surface area contributed by atoms with Gasteiger partial charge in [-0.25, -0.2) is 0 Å². The van der Waals surface area contributed by atoms with Crippen LogP contribution in [0.15, 0.2) is 228 Å². The van der Waals surface area contributed by atoms with Gasteiger partial charge in [0.15, 0.2) is 0 Å². The van der Waals surface area contributed by atoms with E-state index in [1.807, 2.05) is 11.8 Å². The molecule has 0 aliphatic carbocycles. The van der Waals surface area contributed by atoms with Crippen LogP contribution in [0.5, 0.6) is 0 Å². The predicted molar refractivity (Wildman–Crippen MR) is 401 cm³/mol. The maximum absolute atomic E-state index is 2.67. The van der Waals surface area contributed by atoms with Gasteiger partial charge in [-0.3, -0.25) is 0 Å². The SMILES string of the molecule is Cc1cc(C)c(N(c2ccccc2)c2cc3c4c(c2)N(c2c(C)cc(C)cc2C)c2ccccc2B4c2cc4c(cc2S3)N(c2ccccc2C)c2cc(N(c3ccccc3)c3c(C)cc(C)cc3C)cc3c2B4c2ccccc2N3c2c(C)cc(C)cc2C)c(C)c1. The molecule has 0 amide bonds. The summed E-state index contributed by atoms with van der Waals surface area (Å²) in [6.45, 7) is 29.3. The quantitative estimate of drug-likeness (QED) is 0.133. The van der Waals surface area contributed by atoms with Gasteiger partial charge in [0.1, 0.15) is 0 Å². The van der Waals surface area contributed by atoms with Crippen molar-refractivity contribution in [3.8, 4) is 0 Å². The molecule has 8 heteroatoms. The van der Waals surface area contributed by atoms with Crippen LogP contribution in [0.3, 0.4) is 0 Å². The van der Waals surface area contributed by atoms with Gasteiger partial charge in [-0.15, -0.1) is 0 Å². The van der Waals surface area contributed by atoms with Crippen LogP contribution < -0.4 is 57.3 Å². The number of aryl methyl sites for hydroxylation is 13. The Kier molecular flexibility index (Phi) is 13.9. The van der Waals surface area contributed by atoms with Crippen molar-refractivity contribution in [3.63, 3.8) is 0 Å². The van der Waals surface area contributed by atoms with Crippen LogP contribution in [0.25, 0.3) is 0 Å². The number of fused-ring (bicyclic) bond motifs is 8. The maximum Gasteiger partial charge on any atom is 0.252 e. The molecule has 5 nitrogen and oxygen atoms in total. The molecule has 0 bridgehead atoms. The first-order valence-electron chi connectivity index (χ1n) is 32.9. The van der Waals surface area contributed by atoms with E-state index in [0.717, 1.165) is 28.4 Å². The van der Waals surface area contributed by atoms with E-state index in [-0.39, 0.29) is 13.4 Å². The van der Waals surface area contributed by atoms with Gasteiger partial charge >= 0.3 is 0 Å². The smallest absolute Gasteiger partial charge is 0.252 e. The molecule has 12 aromatic carbocycles. The highest BCUT2D eigenvalue weighted by Crippen LogP contribution is 2.53. The normalized spacial score (nSPS) is 13.1. The molecule has 4 heterocycles. The Morgan fingerprint density at radius 3 is 1.10 bits per heavy atom. The lowest BCUT2D eigenvalue weighted by Gasteiger charge is -2.47. The van der Waals surface area contributed by atoms with Crippen LogP contribution in [0.4, 0.5) is 85.3 Å². The van der Waals surface area contributed by atoms with Crippen molar-refractivity contribution < 1.29 is 0 Å². The largest absolute Gasteiger partial charge is 0.311 e. The lowest BCUT2D eigenvalue weighted by atomic mass is 9.31. The Labute approximate surface area is 554 Å². The lowest BCUT2D eigenvalue weighted by molar-refractivity contribution is 1.17. The van der Waals surface area contributed by atoms with Crippen molar-refractivity contribution in [2.24, 2.45) is 0 Å². The molecule has 4 aliphatic rings. The van der Waals surface area contributed by atoms with Gasteiger partial charge in [0.25, 0.3) is 6.71 Å². The van der Waals surface area contributed by atoms with Gasteiger partial charge in [-0.05, 0) is 240 Å². The molecule has 452 valence electrons. The van der Waals surface area contributed by atoms with Crippen LogP contribution in [-0.2, 0) is 0 Å². The van der Waals surface area contributed by atoms with E-state index in [2.05, 4.69) is 333 Å². The minimum Gasteiger partial charge on any atom is -0.311 e. The molecule has 0 radical (unpaired) electrons. The topological polar surface area (TPSA) is 16.2 Å². The molecule has 4 aliphatic heterocycles. The zero-order valence-electron chi connectivity index (χ0n) is 55.6. The number of nitrogens with zero attached hydrogens (tertiary/aromatic N) is 5. The summed E-state index contributed by atoms with van der Waals surface area (Å²) in [4.78, 5) is 15.5. The summed E-state index contributed by atoms with van der Waals surface area (Å²) >= 11 is 1.94. The summed E-state index contributed by atoms with van der Waals surface area (Å²) in [7, 11) is 0. The molecule has 16 rings (SSSR count). The van der Waals surface area contributed by atoms with Gasteiger partial charge in [-0.1, -0.05) is 185 Å². The first-order chi connectivity index (χ1) is 45.0. The number of hydrogen-bond donors (Lipinski definition) is 0. The average Bonchev–Trinajstić information content (AvgIpc) is 0.691. The Morgan fingerprint density at radius 2 is 0.634 bits per heavy atom. The van der Waals surface area contributed by atoms with Crippen molar-refractivity contribution in [1.29, 1.82) is 0 Å². The van der Waals surface area contributed by atoms with Crippen LogP contribution in [0.2, 0.25) is 0 Å². The summed E-state index contributed by atoms with van der Waals surface area (Å²) in [6.07, 6.45) is 0. The van der Waals surface area contributed by atoms with Gasteiger partial charge in [0.05, 0.1) is 28.4 Å². The Hall–Kier alpha value is -9.88. The van der Waals surface area contributed by atoms with Crippen molar-refractivity contribution in [3.05, 3.63) is 291 Å². The second kappa shape index (κ2) is 22.2. The first-order valence-corrected chi connectivity index (χ1v) is 33.7. The maximum atomic E-state index is 2.67. The van der Waals surface area contributed by atoms with Crippen molar-refractivity contribution >= 4 is 143 Å². The second-order valence-electron chi connectivity index (χ2n) is 26.9. The number of anilines is 15. The summed E-state index contributed by atoms with van der Waals surface area (Å²) in [5, 5.41) is 0. The summed E-state index contributed by atoms with van der Waals surface area (Å²) in [5.41, 5.74) is 41.8. The first kappa shape index (κ1) is 58.2. The number of benzene rings is 12. The van der Waals surface area contributed by atoms with Gasteiger partial charge in [0.2, 0.25) is 6.71 Å². The van der Waals surface area contributed by atoms with Crippen LogP contribution >= 0.6 is 11.8 Å².